The lowest BCUT2D eigenvalue weighted by molar-refractivity contribution is -0.617. The van der Waals surface area contributed by atoms with Gasteiger partial charge in [-0.3, -0.25) is 0 Å². The van der Waals surface area contributed by atoms with Crippen LogP contribution in [0, 0.1) is 6.92 Å². The molecule has 22 heavy (non-hydrogen) atoms. The Balaban J connectivity index is 2.34. The zero-order valence-electron chi connectivity index (χ0n) is 13.5. The first-order chi connectivity index (χ1) is 10.6. The molecule has 110 valence electrons. The van der Waals surface area contributed by atoms with Gasteiger partial charge in [0, 0.05) is 12.1 Å². The van der Waals surface area contributed by atoms with Crippen LogP contribution in [0.5, 0.6) is 0 Å². The fourth-order valence-electron chi connectivity index (χ4n) is 3.44. The average molecular weight is 290 g/mol. The Kier molecular flexibility index (Phi) is 2.73. The molecule has 0 saturated carbocycles. The van der Waals surface area contributed by atoms with Gasteiger partial charge in [0.05, 0.1) is 10.9 Å². The van der Waals surface area contributed by atoms with E-state index in [-0.39, 0.29) is 0 Å². The maximum atomic E-state index is 4.97. The predicted molar refractivity (Wildman–Crippen MR) is 91.0 cm³/mol. The highest BCUT2D eigenvalue weighted by Crippen LogP contribution is 2.30. The van der Waals surface area contributed by atoms with E-state index in [2.05, 4.69) is 73.4 Å². The van der Waals surface area contributed by atoms with Crippen LogP contribution >= 0.6 is 0 Å². The van der Waals surface area contributed by atoms with E-state index in [1.165, 1.54) is 27.5 Å². The second-order valence-corrected chi connectivity index (χ2v) is 6.32. The Morgan fingerprint density at radius 1 is 1.09 bits per heavy atom. The van der Waals surface area contributed by atoms with Gasteiger partial charge in [-0.1, -0.05) is 23.8 Å². The smallest absolute Gasteiger partial charge is 0.258 e. The molecule has 2 aromatic carbocycles. The van der Waals surface area contributed by atoms with Gasteiger partial charge in [-0.25, -0.2) is 4.98 Å². The molecule has 0 unspecified atom stereocenters. The standard InChI is InChI=1S/C19H20N3/c1-12(2)22-16-10-9-13(3)11-14(16)18-19(22)20-15-7-5-6-8-17(15)21(18)4/h5-12H,1-4H3/q+1. The van der Waals surface area contributed by atoms with Gasteiger partial charge in [0.15, 0.2) is 0 Å². The highest BCUT2D eigenvalue weighted by molar-refractivity contribution is 6.04. The Morgan fingerprint density at radius 2 is 1.86 bits per heavy atom. The molecule has 0 radical (unpaired) electrons. The van der Waals surface area contributed by atoms with Crippen LogP contribution in [0.25, 0.3) is 33.1 Å². The second kappa shape index (κ2) is 4.54. The Labute approximate surface area is 129 Å². The summed E-state index contributed by atoms with van der Waals surface area (Å²) in [7, 11) is 2.14. The normalized spacial score (nSPS) is 12.0. The van der Waals surface area contributed by atoms with Crippen molar-refractivity contribution in [2.24, 2.45) is 7.05 Å². The first-order valence-electron chi connectivity index (χ1n) is 7.77. The van der Waals surface area contributed by atoms with Crippen LogP contribution in [0.3, 0.4) is 0 Å². The fraction of sp³-hybridized carbons (Fsp3) is 0.263. The van der Waals surface area contributed by atoms with Crippen LogP contribution in [-0.2, 0) is 7.05 Å². The molecular weight excluding hydrogens is 270 g/mol. The van der Waals surface area contributed by atoms with E-state index in [4.69, 9.17) is 4.98 Å². The third-order valence-corrected chi connectivity index (χ3v) is 4.43. The highest BCUT2D eigenvalue weighted by Gasteiger charge is 2.23. The summed E-state index contributed by atoms with van der Waals surface area (Å²) in [4.78, 5) is 4.97. The van der Waals surface area contributed by atoms with Crippen LogP contribution in [0.4, 0.5) is 0 Å². The summed E-state index contributed by atoms with van der Waals surface area (Å²) in [6.45, 7) is 6.58. The lowest BCUT2D eigenvalue weighted by Gasteiger charge is -2.10. The maximum Gasteiger partial charge on any atom is 0.258 e. The molecule has 4 aromatic rings. The molecule has 2 heterocycles. The molecule has 3 heteroatoms. The summed E-state index contributed by atoms with van der Waals surface area (Å²) in [6.07, 6.45) is 0. The maximum absolute atomic E-state index is 4.97. The summed E-state index contributed by atoms with van der Waals surface area (Å²) in [5.74, 6) is 0. The summed E-state index contributed by atoms with van der Waals surface area (Å²) < 4.78 is 4.62. The molecule has 3 nitrogen and oxygen atoms in total. The Bertz CT molecular complexity index is 1030. The molecule has 0 fully saturated rings. The van der Waals surface area contributed by atoms with Crippen molar-refractivity contribution in [2.45, 2.75) is 26.8 Å². The van der Waals surface area contributed by atoms with Gasteiger partial charge < -0.3 is 4.57 Å². The summed E-state index contributed by atoms with van der Waals surface area (Å²) >= 11 is 0. The van der Waals surface area contributed by atoms with Crippen molar-refractivity contribution in [3.63, 3.8) is 0 Å². The van der Waals surface area contributed by atoms with Crippen LogP contribution in [0.2, 0.25) is 0 Å². The third-order valence-electron chi connectivity index (χ3n) is 4.43. The van der Waals surface area contributed by atoms with Gasteiger partial charge in [0.1, 0.15) is 12.6 Å². The molecule has 0 bridgehead atoms. The topological polar surface area (TPSA) is 21.7 Å². The highest BCUT2D eigenvalue weighted by atomic mass is 15.1. The molecule has 0 aliphatic heterocycles. The quantitative estimate of drug-likeness (QED) is 0.485. The predicted octanol–water partition coefficient (Wildman–Crippen LogP) is 4.06. The van der Waals surface area contributed by atoms with Crippen molar-refractivity contribution >= 4 is 33.1 Å². The molecule has 0 saturated heterocycles. The number of aromatic nitrogens is 3. The first-order valence-corrected chi connectivity index (χ1v) is 7.77. The number of hydrogen-bond donors (Lipinski definition) is 0. The molecule has 0 aliphatic rings. The molecule has 0 spiro atoms. The second-order valence-electron chi connectivity index (χ2n) is 6.32. The molecule has 0 aliphatic carbocycles. The average Bonchev–Trinajstić information content (AvgIpc) is 2.81. The van der Waals surface area contributed by atoms with Crippen LogP contribution in [0.15, 0.2) is 42.5 Å². The largest absolute Gasteiger partial charge is 0.317 e. The van der Waals surface area contributed by atoms with E-state index in [0.29, 0.717) is 6.04 Å². The minimum absolute atomic E-state index is 0.372. The van der Waals surface area contributed by atoms with Crippen molar-refractivity contribution in [1.82, 2.24) is 9.55 Å². The van der Waals surface area contributed by atoms with E-state index in [0.717, 1.165) is 11.2 Å². The summed E-state index contributed by atoms with van der Waals surface area (Å²) in [5.41, 5.74) is 7.03. The molecule has 0 atom stereocenters. The number of aryl methyl sites for hydroxylation is 2. The zero-order valence-corrected chi connectivity index (χ0v) is 13.5. The molecule has 4 rings (SSSR count). The van der Waals surface area contributed by atoms with Crippen molar-refractivity contribution in [3.8, 4) is 0 Å². The molecule has 0 N–H and O–H groups in total. The van der Waals surface area contributed by atoms with Gasteiger partial charge in [-0.05, 0) is 39.0 Å². The Hall–Kier alpha value is -2.42. The zero-order chi connectivity index (χ0) is 15.4. The summed E-state index contributed by atoms with van der Waals surface area (Å²) in [6, 6.07) is 15.4. The van der Waals surface area contributed by atoms with Gasteiger partial charge in [-0.15, -0.1) is 0 Å². The number of fused-ring (bicyclic) bond motifs is 4. The molecule has 2 aromatic heterocycles. The lowest BCUT2D eigenvalue weighted by Crippen LogP contribution is -2.30. The van der Waals surface area contributed by atoms with Gasteiger partial charge in [0.2, 0.25) is 11.2 Å². The van der Waals surface area contributed by atoms with E-state index < -0.39 is 0 Å². The minimum Gasteiger partial charge on any atom is -0.317 e. The monoisotopic (exact) mass is 290 g/mol. The third kappa shape index (κ3) is 1.68. The van der Waals surface area contributed by atoms with Gasteiger partial charge in [-0.2, -0.15) is 4.57 Å². The van der Waals surface area contributed by atoms with E-state index in [9.17, 15) is 0 Å². The fourth-order valence-corrected chi connectivity index (χ4v) is 3.44. The van der Waals surface area contributed by atoms with Crippen molar-refractivity contribution in [3.05, 3.63) is 48.0 Å². The van der Waals surface area contributed by atoms with Crippen LogP contribution in [0.1, 0.15) is 25.5 Å². The molecular formula is C19H20N3+. The summed E-state index contributed by atoms with van der Waals surface area (Å²) in [5, 5.41) is 1.28. The van der Waals surface area contributed by atoms with Crippen molar-refractivity contribution < 1.29 is 4.57 Å². The first kappa shape index (κ1) is 13.3. The molecule has 0 amide bonds. The lowest BCUT2D eigenvalue weighted by atomic mass is 10.1. The van der Waals surface area contributed by atoms with E-state index in [1.54, 1.807) is 0 Å². The SMILES string of the molecule is Cc1ccc2c(c1)c1c(nc3ccccc3[n+]1C)n2C(C)C. The van der Waals surface area contributed by atoms with E-state index >= 15 is 0 Å². The number of rotatable bonds is 1. The number of benzene rings is 2. The van der Waals surface area contributed by atoms with Crippen LogP contribution in [-0.4, -0.2) is 9.55 Å². The van der Waals surface area contributed by atoms with Crippen molar-refractivity contribution in [1.29, 1.82) is 0 Å². The van der Waals surface area contributed by atoms with E-state index in [1.807, 2.05) is 6.07 Å². The Morgan fingerprint density at radius 3 is 2.64 bits per heavy atom. The minimum atomic E-state index is 0.372. The van der Waals surface area contributed by atoms with Gasteiger partial charge in [0.25, 0.3) is 5.52 Å². The number of hydrogen-bond acceptors (Lipinski definition) is 1. The van der Waals surface area contributed by atoms with Crippen LogP contribution < -0.4 is 4.57 Å². The van der Waals surface area contributed by atoms with Crippen molar-refractivity contribution in [2.75, 3.05) is 0 Å². The number of nitrogens with zero attached hydrogens (tertiary/aromatic N) is 3. The number of para-hydroxylation sites is 2. The van der Waals surface area contributed by atoms with Gasteiger partial charge >= 0.3 is 0 Å².